The molecule has 0 radical (unpaired) electrons. The lowest BCUT2D eigenvalue weighted by Crippen LogP contribution is -2.11. The van der Waals surface area contributed by atoms with Gasteiger partial charge < -0.3 is 5.11 Å². The fraction of sp³-hybridized carbons (Fsp3) is 0.462. The Hall–Kier alpha value is -0.970. The molecule has 1 saturated carbocycles. The Morgan fingerprint density at radius 1 is 1.39 bits per heavy atom. The highest BCUT2D eigenvalue weighted by Crippen LogP contribution is 2.47. The molecule has 1 N–H and O–H groups in total. The van der Waals surface area contributed by atoms with Crippen LogP contribution in [0.4, 0.5) is 8.78 Å². The Morgan fingerprint density at radius 3 is 2.56 bits per heavy atom. The molecule has 1 unspecified atom stereocenters. The summed E-state index contributed by atoms with van der Waals surface area (Å²) in [5.41, 5.74) is 0.431. The first-order chi connectivity index (χ1) is 8.49. The summed E-state index contributed by atoms with van der Waals surface area (Å²) >= 11 is 3.26. The average molecular weight is 319 g/mol. The van der Waals surface area contributed by atoms with Crippen molar-refractivity contribution in [2.24, 2.45) is 5.92 Å². The third-order valence-electron chi connectivity index (χ3n) is 3.27. The first-order valence-corrected chi connectivity index (χ1v) is 6.57. The molecule has 1 aromatic rings. The van der Waals surface area contributed by atoms with Gasteiger partial charge in [-0.15, -0.1) is 0 Å². The number of carbonyl (C=O) groups is 1. The lowest BCUT2D eigenvalue weighted by molar-refractivity contribution is -0.137. The maximum atomic E-state index is 13.0. The molecule has 0 bridgehead atoms. The van der Waals surface area contributed by atoms with Crippen LogP contribution >= 0.6 is 15.9 Å². The van der Waals surface area contributed by atoms with E-state index in [1.54, 1.807) is 12.1 Å². The molecular weight excluding hydrogens is 306 g/mol. The molecule has 1 aliphatic rings. The van der Waals surface area contributed by atoms with Gasteiger partial charge >= 0.3 is 5.97 Å². The van der Waals surface area contributed by atoms with E-state index in [9.17, 15) is 13.6 Å². The van der Waals surface area contributed by atoms with Gasteiger partial charge in [-0.05, 0) is 42.4 Å². The molecule has 0 aliphatic heterocycles. The third-order valence-corrected chi connectivity index (χ3v) is 3.76. The Kier molecular flexibility index (Phi) is 4.00. The standard InChI is InChI=1S/C13H13BrF2O2/c14-8-3-4-9(13(15)16)11(5-8)10(6-12(17)18)7-1-2-7/h3-5,7,10,13H,1-2,6H2,(H,17,18). The molecule has 98 valence electrons. The SMILES string of the molecule is O=C(O)CC(c1cc(Br)ccc1C(F)F)C1CC1. The summed E-state index contributed by atoms with van der Waals surface area (Å²) in [5.74, 6) is -1.01. The number of carboxylic acids is 1. The molecule has 0 spiro atoms. The molecule has 0 amide bonds. The highest BCUT2D eigenvalue weighted by atomic mass is 79.9. The van der Waals surface area contributed by atoms with Gasteiger partial charge in [-0.3, -0.25) is 4.79 Å². The van der Waals surface area contributed by atoms with E-state index >= 15 is 0 Å². The third kappa shape index (κ3) is 3.07. The van der Waals surface area contributed by atoms with E-state index in [2.05, 4.69) is 15.9 Å². The van der Waals surface area contributed by atoms with Crippen LogP contribution in [-0.2, 0) is 4.79 Å². The predicted octanol–water partition coefficient (Wildman–Crippen LogP) is 4.36. The Morgan fingerprint density at radius 2 is 2.06 bits per heavy atom. The summed E-state index contributed by atoms with van der Waals surface area (Å²) in [6.45, 7) is 0. The van der Waals surface area contributed by atoms with E-state index in [1.807, 2.05) is 0 Å². The van der Waals surface area contributed by atoms with Crippen LogP contribution in [0.5, 0.6) is 0 Å². The van der Waals surface area contributed by atoms with Gasteiger partial charge in [0.2, 0.25) is 0 Å². The number of carboxylic acid groups (broad SMARTS) is 1. The molecule has 0 saturated heterocycles. The molecule has 18 heavy (non-hydrogen) atoms. The number of aliphatic carboxylic acids is 1. The lowest BCUT2D eigenvalue weighted by atomic mass is 9.88. The molecule has 1 aliphatic carbocycles. The Balaban J connectivity index is 2.38. The van der Waals surface area contributed by atoms with Crippen molar-refractivity contribution in [1.82, 2.24) is 0 Å². The van der Waals surface area contributed by atoms with Crippen molar-refractivity contribution in [2.75, 3.05) is 0 Å². The monoisotopic (exact) mass is 318 g/mol. The molecule has 5 heteroatoms. The summed E-state index contributed by atoms with van der Waals surface area (Å²) in [4.78, 5) is 10.9. The van der Waals surface area contributed by atoms with Crippen LogP contribution in [0.3, 0.4) is 0 Å². The van der Waals surface area contributed by atoms with E-state index in [1.165, 1.54) is 6.07 Å². The number of halogens is 3. The van der Waals surface area contributed by atoms with Crippen LogP contribution in [0.25, 0.3) is 0 Å². The van der Waals surface area contributed by atoms with E-state index in [0.717, 1.165) is 12.8 Å². The topological polar surface area (TPSA) is 37.3 Å². The van der Waals surface area contributed by atoms with Crippen LogP contribution < -0.4 is 0 Å². The van der Waals surface area contributed by atoms with Crippen LogP contribution in [0, 0.1) is 5.92 Å². The molecule has 1 fully saturated rings. The predicted molar refractivity (Wildman–Crippen MR) is 66.8 cm³/mol. The van der Waals surface area contributed by atoms with Crippen LogP contribution in [0.2, 0.25) is 0 Å². The second-order valence-corrected chi connectivity index (χ2v) is 5.53. The van der Waals surface area contributed by atoms with Gasteiger partial charge in [0.1, 0.15) is 0 Å². The fourth-order valence-electron chi connectivity index (χ4n) is 2.28. The lowest BCUT2D eigenvalue weighted by Gasteiger charge is -2.18. The molecular formula is C13H13BrF2O2. The minimum absolute atomic E-state index is 0.0450. The molecule has 0 heterocycles. The van der Waals surface area contributed by atoms with Gasteiger partial charge in [0.25, 0.3) is 6.43 Å². The van der Waals surface area contributed by atoms with Crippen LogP contribution in [0.15, 0.2) is 22.7 Å². The highest BCUT2D eigenvalue weighted by molar-refractivity contribution is 9.10. The summed E-state index contributed by atoms with van der Waals surface area (Å²) in [7, 11) is 0. The average Bonchev–Trinajstić information content (AvgIpc) is 3.08. The normalized spacial score (nSPS) is 16.9. The number of benzene rings is 1. The number of rotatable bonds is 5. The summed E-state index contributed by atoms with van der Waals surface area (Å²) in [6, 6.07) is 4.57. The first kappa shape index (κ1) is 13.5. The quantitative estimate of drug-likeness (QED) is 0.876. The zero-order chi connectivity index (χ0) is 13.3. The van der Waals surface area contributed by atoms with Gasteiger partial charge in [-0.25, -0.2) is 8.78 Å². The molecule has 1 aromatic carbocycles. The van der Waals surface area contributed by atoms with E-state index < -0.39 is 12.4 Å². The Labute approximate surface area is 112 Å². The van der Waals surface area contributed by atoms with Crippen molar-refractivity contribution in [3.8, 4) is 0 Å². The number of hydrogen-bond acceptors (Lipinski definition) is 1. The zero-order valence-corrected chi connectivity index (χ0v) is 11.2. The van der Waals surface area contributed by atoms with Crippen molar-refractivity contribution in [2.45, 2.75) is 31.6 Å². The van der Waals surface area contributed by atoms with Gasteiger partial charge in [0, 0.05) is 10.0 Å². The van der Waals surface area contributed by atoms with Gasteiger partial charge in [-0.2, -0.15) is 0 Å². The summed E-state index contributed by atoms with van der Waals surface area (Å²) in [5, 5.41) is 8.92. The van der Waals surface area contributed by atoms with Crippen molar-refractivity contribution >= 4 is 21.9 Å². The molecule has 0 aromatic heterocycles. The Bertz CT molecular complexity index is 458. The second-order valence-electron chi connectivity index (χ2n) is 4.62. The van der Waals surface area contributed by atoms with Gasteiger partial charge in [0.05, 0.1) is 6.42 Å². The van der Waals surface area contributed by atoms with Gasteiger partial charge in [0.15, 0.2) is 0 Å². The van der Waals surface area contributed by atoms with Crippen molar-refractivity contribution in [3.63, 3.8) is 0 Å². The molecule has 2 rings (SSSR count). The fourth-order valence-corrected chi connectivity index (χ4v) is 2.66. The largest absolute Gasteiger partial charge is 0.481 e. The number of alkyl halides is 2. The highest BCUT2D eigenvalue weighted by Gasteiger charge is 2.36. The van der Waals surface area contributed by atoms with Crippen LogP contribution in [0.1, 0.15) is 42.7 Å². The zero-order valence-electron chi connectivity index (χ0n) is 9.57. The minimum Gasteiger partial charge on any atom is -0.481 e. The maximum Gasteiger partial charge on any atom is 0.303 e. The minimum atomic E-state index is -2.57. The maximum absolute atomic E-state index is 13.0. The van der Waals surface area contributed by atoms with E-state index in [0.29, 0.717) is 10.0 Å². The van der Waals surface area contributed by atoms with Crippen molar-refractivity contribution < 1.29 is 18.7 Å². The van der Waals surface area contributed by atoms with Crippen molar-refractivity contribution in [3.05, 3.63) is 33.8 Å². The first-order valence-electron chi connectivity index (χ1n) is 5.78. The van der Waals surface area contributed by atoms with Crippen molar-refractivity contribution in [1.29, 1.82) is 0 Å². The van der Waals surface area contributed by atoms with E-state index in [4.69, 9.17) is 5.11 Å². The number of hydrogen-bond donors (Lipinski definition) is 1. The molecule has 1 atom stereocenters. The second kappa shape index (κ2) is 5.34. The smallest absolute Gasteiger partial charge is 0.303 e. The molecule has 2 nitrogen and oxygen atoms in total. The summed E-state index contributed by atoms with van der Waals surface area (Å²) in [6.07, 6.45) is -0.802. The van der Waals surface area contributed by atoms with Gasteiger partial charge in [-0.1, -0.05) is 22.0 Å². The summed E-state index contributed by atoms with van der Waals surface area (Å²) < 4.78 is 26.7. The van der Waals surface area contributed by atoms with Crippen LogP contribution in [-0.4, -0.2) is 11.1 Å². The van der Waals surface area contributed by atoms with E-state index in [-0.39, 0.29) is 23.8 Å².